The van der Waals surface area contributed by atoms with Gasteiger partial charge in [0.1, 0.15) is 0 Å². The van der Waals surface area contributed by atoms with Crippen LogP contribution in [0.4, 0.5) is 5.69 Å². The van der Waals surface area contributed by atoms with Gasteiger partial charge in [0, 0.05) is 30.7 Å². The maximum Gasteiger partial charge on any atom is 0.237 e. The van der Waals surface area contributed by atoms with Gasteiger partial charge >= 0.3 is 0 Å². The molecule has 0 aliphatic carbocycles. The lowest BCUT2D eigenvalue weighted by molar-refractivity contribution is -0.128. The van der Waals surface area contributed by atoms with Gasteiger partial charge < -0.3 is 10.6 Å². The number of nitrogens with zero attached hydrogens (tertiary/aromatic N) is 1. The zero-order chi connectivity index (χ0) is 15.9. The van der Waals surface area contributed by atoms with E-state index in [1.54, 1.807) is 31.3 Å². The van der Waals surface area contributed by atoms with Gasteiger partial charge in [-0.1, -0.05) is 18.0 Å². The fraction of sp³-hybridized carbons (Fsp3) is 0.500. The van der Waals surface area contributed by atoms with Crippen molar-refractivity contribution in [3.05, 3.63) is 29.3 Å². The molecular weight excluding hydrogens is 302 g/mol. The third-order valence-electron chi connectivity index (χ3n) is 3.92. The van der Waals surface area contributed by atoms with Crippen molar-refractivity contribution in [3.63, 3.8) is 0 Å². The molecule has 1 heterocycles. The van der Waals surface area contributed by atoms with E-state index < -0.39 is 0 Å². The molecular formula is C16H22ClN3O2. The Balaban J connectivity index is 1.83. The number of amides is 2. The van der Waals surface area contributed by atoms with E-state index in [1.807, 2.05) is 0 Å². The van der Waals surface area contributed by atoms with E-state index in [4.69, 9.17) is 11.6 Å². The van der Waals surface area contributed by atoms with Gasteiger partial charge in [-0.15, -0.1) is 0 Å². The Morgan fingerprint density at radius 1 is 1.27 bits per heavy atom. The fourth-order valence-corrected chi connectivity index (χ4v) is 2.85. The van der Waals surface area contributed by atoms with Crippen molar-refractivity contribution >= 4 is 29.1 Å². The molecule has 5 nitrogen and oxygen atoms in total. The highest BCUT2D eigenvalue weighted by molar-refractivity contribution is 6.30. The average Bonchev–Trinajstić information content (AvgIpc) is 2.54. The molecule has 0 unspecified atom stereocenters. The Bertz CT molecular complexity index is 519. The first-order valence-electron chi connectivity index (χ1n) is 7.61. The molecule has 2 rings (SSSR count). The van der Waals surface area contributed by atoms with E-state index in [0.29, 0.717) is 18.0 Å². The zero-order valence-corrected chi connectivity index (χ0v) is 13.5. The van der Waals surface area contributed by atoms with E-state index in [9.17, 15) is 9.59 Å². The lowest BCUT2D eigenvalue weighted by Gasteiger charge is -2.34. The molecule has 2 N–H and O–H groups in total. The van der Waals surface area contributed by atoms with Gasteiger partial charge in [-0.2, -0.15) is 0 Å². The van der Waals surface area contributed by atoms with Crippen LogP contribution in [0, 0.1) is 0 Å². The minimum absolute atomic E-state index is 0.0396. The second-order valence-corrected chi connectivity index (χ2v) is 5.90. The number of rotatable bonds is 5. The molecule has 0 radical (unpaired) electrons. The molecule has 0 spiro atoms. The van der Waals surface area contributed by atoms with Crippen LogP contribution >= 0.6 is 11.6 Å². The summed E-state index contributed by atoms with van der Waals surface area (Å²) < 4.78 is 0. The summed E-state index contributed by atoms with van der Waals surface area (Å²) >= 11 is 5.81. The zero-order valence-electron chi connectivity index (χ0n) is 12.8. The highest BCUT2D eigenvalue weighted by Gasteiger charge is 2.27. The van der Waals surface area contributed by atoms with Gasteiger partial charge in [-0.05, 0) is 43.7 Å². The van der Waals surface area contributed by atoms with Crippen molar-refractivity contribution in [1.29, 1.82) is 0 Å². The lowest BCUT2D eigenvalue weighted by Crippen LogP contribution is -2.49. The smallest absolute Gasteiger partial charge is 0.237 e. The molecule has 0 bridgehead atoms. The van der Waals surface area contributed by atoms with Gasteiger partial charge in [-0.3, -0.25) is 14.5 Å². The Labute approximate surface area is 136 Å². The van der Waals surface area contributed by atoms with Gasteiger partial charge in [0.25, 0.3) is 0 Å². The molecule has 1 aromatic carbocycles. The van der Waals surface area contributed by atoms with E-state index >= 15 is 0 Å². The largest absolute Gasteiger partial charge is 0.358 e. The molecule has 1 fully saturated rings. The average molecular weight is 324 g/mol. The molecule has 22 heavy (non-hydrogen) atoms. The Morgan fingerprint density at radius 3 is 2.68 bits per heavy atom. The molecule has 1 aliphatic heterocycles. The van der Waals surface area contributed by atoms with Crippen molar-refractivity contribution in [2.45, 2.75) is 31.7 Å². The van der Waals surface area contributed by atoms with Crippen molar-refractivity contribution in [2.75, 3.05) is 25.5 Å². The number of nitrogens with one attached hydrogen (secondary N) is 2. The molecule has 120 valence electrons. The van der Waals surface area contributed by atoms with E-state index in [2.05, 4.69) is 15.5 Å². The molecule has 1 aromatic rings. The van der Waals surface area contributed by atoms with Crippen molar-refractivity contribution in [2.24, 2.45) is 0 Å². The standard InChI is InChI=1S/C16H22ClN3O2/c1-18-16(22)14-4-2-3-10-20(14)11-9-15(21)19-13-7-5-12(17)6-8-13/h5-8,14H,2-4,9-11H2,1H3,(H,18,22)(H,19,21)/t14-/m0/s1. The first-order chi connectivity index (χ1) is 10.6. The van der Waals surface area contributed by atoms with Crippen molar-refractivity contribution in [1.82, 2.24) is 10.2 Å². The van der Waals surface area contributed by atoms with Gasteiger partial charge in [-0.25, -0.2) is 0 Å². The Hall–Kier alpha value is -1.59. The molecule has 1 aliphatic rings. The number of anilines is 1. The number of carbonyl (C=O) groups is 2. The Kier molecular flexibility index (Phi) is 6.21. The van der Waals surface area contributed by atoms with Crippen LogP contribution in [0.15, 0.2) is 24.3 Å². The van der Waals surface area contributed by atoms with Gasteiger partial charge in [0.15, 0.2) is 0 Å². The quantitative estimate of drug-likeness (QED) is 0.874. The summed E-state index contributed by atoms with van der Waals surface area (Å²) in [5.74, 6) is -0.0126. The van der Waals surface area contributed by atoms with Crippen LogP contribution in [0.5, 0.6) is 0 Å². The van der Waals surface area contributed by atoms with Crippen LogP contribution in [0.1, 0.15) is 25.7 Å². The number of piperidine rings is 1. The van der Waals surface area contributed by atoms with Crippen LogP contribution < -0.4 is 10.6 Å². The molecule has 0 aromatic heterocycles. The SMILES string of the molecule is CNC(=O)[C@@H]1CCCCN1CCC(=O)Nc1ccc(Cl)cc1. The number of benzene rings is 1. The predicted octanol–water partition coefficient (Wildman–Crippen LogP) is 2.27. The van der Waals surface area contributed by atoms with Crippen LogP contribution in [-0.4, -0.2) is 42.9 Å². The second kappa shape index (κ2) is 8.15. The first-order valence-corrected chi connectivity index (χ1v) is 7.99. The van der Waals surface area contributed by atoms with Crippen molar-refractivity contribution < 1.29 is 9.59 Å². The number of likely N-dealkylation sites (N-methyl/N-ethyl adjacent to an activating group) is 1. The van der Waals surface area contributed by atoms with Crippen molar-refractivity contribution in [3.8, 4) is 0 Å². The molecule has 0 saturated carbocycles. The third kappa shape index (κ3) is 4.71. The summed E-state index contributed by atoms with van der Waals surface area (Å²) in [5, 5.41) is 6.18. The lowest BCUT2D eigenvalue weighted by atomic mass is 10.0. The maximum atomic E-state index is 12.0. The summed E-state index contributed by atoms with van der Waals surface area (Å²) in [4.78, 5) is 26.0. The summed E-state index contributed by atoms with van der Waals surface area (Å²) in [6.45, 7) is 1.46. The third-order valence-corrected chi connectivity index (χ3v) is 4.17. The van der Waals surface area contributed by atoms with Gasteiger partial charge in [0.2, 0.25) is 11.8 Å². The minimum atomic E-state index is -0.109. The summed E-state index contributed by atoms with van der Waals surface area (Å²) in [5.41, 5.74) is 0.732. The van der Waals surface area contributed by atoms with Crippen LogP contribution in [0.3, 0.4) is 0 Å². The van der Waals surface area contributed by atoms with E-state index in [-0.39, 0.29) is 17.9 Å². The molecule has 1 atom stereocenters. The second-order valence-electron chi connectivity index (χ2n) is 5.47. The molecule has 2 amide bonds. The maximum absolute atomic E-state index is 12.0. The number of likely N-dealkylation sites (tertiary alicyclic amines) is 1. The first kappa shape index (κ1) is 16.8. The monoisotopic (exact) mass is 323 g/mol. The number of hydrogen-bond acceptors (Lipinski definition) is 3. The number of hydrogen-bond donors (Lipinski definition) is 2. The highest BCUT2D eigenvalue weighted by Crippen LogP contribution is 2.18. The van der Waals surface area contributed by atoms with E-state index in [1.165, 1.54) is 0 Å². The molecule has 6 heteroatoms. The number of halogens is 1. The Morgan fingerprint density at radius 2 is 2.00 bits per heavy atom. The minimum Gasteiger partial charge on any atom is -0.358 e. The topological polar surface area (TPSA) is 61.4 Å². The fourth-order valence-electron chi connectivity index (χ4n) is 2.72. The summed E-state index contributed by atoms with van der Waals surface area (Å²) in [7, 11) is 1.66. The van der Waals surface area contributed by atoms with Crippen LogP contribution in [-0.2, 0) is 9.59 Å². The number of carbonyl (C=O) groups excluding carboxylic acids is 2. The highest BCUT2D eigenvalue weighted by atomic mass is 35.5. The summed E-state index contributed by atoms with van der Waals surface area (Å²) in [6, 6.07) is 6.91. The predicted molar refractivity (Wildman–Crippen MR) is 88.0 cm³/mol. The normalized spacial score (nSPS) is 18.7. The van der Waals surface area contributed by atoms with Crippen LogP contribution in [0.25, 0.3) is 0 Å². The summed E-state index contributed by atoms with van der Waals surface area (Å²) in [6.07, 6.45) is 3.37. The van der Waals surface area contributed by atoms with Crippen LogP contribution in [0.2, 0.25) is 5.02 Å². The van der Waals surface area contributed by atoms with E-state index in [0.717, 1.165) is 31.5 Å². The van der Waals surface area contributed by atoms with Gasteiger partial charge in [0.05, 0.1) is 6.04 Å². The molecule has 1 saturated heterocycles.